The van der Waals surface area contributed by atoms with Crippen LogP contribution in [0, 0.1) is 5.92 Å². The number of amides is 1. The van der Waals surface area contributed by atoms with Crippen LogP contribution in [-0.2, 0) is 11.2 Å². The maximum Gasteiger partial charge on any atom is 0.250 e. The largest absolute Gasteiger partial charge is 0.493 e. The van der Waals surface area contributed by atoms with Gasteiger partial charge < -0.3 is 9.47 Å². The molecule has 7 heteroatoms. The fourth-order valence-electron chi connectivity index (χ4n) is 1.93. The number of carbonyl (C=O) groups excluding carboxylic acids is 1. The van der Waals surface area contributed by atoms with Crippen LogP contribution in [0.2, 0.25) is 0 Å². The highest BCUT2D eigenvalue weighted by Crippen LogP contribution is 2.29. The fourth-order valence-corrected chi connectivity index (χ4v) is 2.61. The van der Waals surface area contributed by atoms with E-state index in [2.05, 4.69) is 29.4 Å². The van der Waals surface area contributed by atoms with Gasteiger partial charge in [0.15, 0.2) is 11.5 Å². The third-order valence-electron chi connectivity index (χ3n) is 3.19. The van der Waals surface area contributed by atoms with E-state index in [1.54, 1.807) is 13.2 Å². The van der Waals surface area contributed by atoms with E-state index in [9.17, 15) is 4.79 Å². The minimum absolute atomic E-state index is 0.252. The molecule has 0 unspecified atom stereocenters. The second kappa shape index (κ2) is 9.17. The van der Waals surface area contributed by atoms with Gasteiger partial charge in [0, 0.05) is 6.08 Å². The minimum Gasteiger partial charge on any atom is -0.493 e. The average Bonchev–Trinajstić information content (AvgIpc) is 3.05. The van der Waals surface area contributed by atoms with Crippen molar-refractivity contribution >= 4 is 28.5 Å². The summed E-state index contributed by atoms with van der Waals surface area (Å²) >= 11 is 1.37. The number of rotatable bonds is 8. The Balaban J connectivity index is 2.00. The van der Waals surface area contributed by atoms with Crippen molar-refractivity contribution in [1.82, 2.24) is 10.2 Å². The molecule has 1 amide bonds. The zero-order valence-electron chi connectivity index (χ0n) is 14.9. The minimum atomic E-state index is -0.252. The fraction of sp³-hybridized carbons (Fsp3) is 0.389. The van der Waals surface area contributed by atoms with Crippen LogP contribution in [0.3, 0.4) is 0 Å². The van der Waals surface area contributed by atoms with E-state index in [0.717, 1.165) is 17.0 Å². The lowest BCUT2D eigenvalue weighted by atomic mass is 10.2. The Labute approximate surface area is 151 Å². The van der Waals surface area contributed by atoms with Crippen molar-refractivity contribution in [3.05, 3.63) is 34.8 Å². The number of hydrogen-bond donors (Lipinski definition) is 1. The highest BCUT2D eigenvalue weighted by molar-refractivity contribution is 7.15. The van der Waals surface area contributed by atoms with E-state index in [1.807, 2.05) is 25.1 Å². The Kier molecular flexibility index (Phi) is 6.94. The Bertz CT molecular complexity index is 741. The Morgan fingerprint density at radius 2 is 2.12 bits per heavy atom. The van der Waals surface area contributed by atoms with Gasteiger partial charge in [0.25, 0.3) is 0 Å². The molecule has 0 saturated carbocycles. The summed E-state index contributed by atoms with van der Waals surface area (Å²) in [5.74, 6) is 1.51. The molecule has 6 nitrogen and oxygen atoms in total. The zero-order chi connectivity index (χ0) is 18.2. The molecule has 0 aliphatic carbocycles. The molecular formula is C18H23N3O3S. The van der Waals surface area contributed by atoms with Gasteiger partial charge in [-0.3, -0.25) is 10.1 Å². The molecular weight excluding hydrogens is 338 g/mol. The van der Waals surface area contributed by atoms with E-state index >= 15 is 0 Å². The van der Waals surface area contributed by atoms with Crippen molar-refractivity contribution in [2.45, 2.75) is 27.2 Å². The Hall–Kier alpha value is -2.41. The van der Waals surface area contributed by atoms with Crippen molar-refractivity contribution < 1.29 is 14.3 Å². The third kappa shape index (κ3) is 5.86. The van der Waals surface area contributed by atoms with Crippen LogP contribution < -0.4 is 14.8 Å². The molecule has 25 heavy (non-hydrogen) atoms. The van der Waals surface area contributed by atoms with Gasteiger partial charge >= 0.3 is 0 Å². The summed E-state index contributed by atoms with van der Waals surface area (Å²) < 4.78 is 11.1. The molecule has 0 spiro atoms. The second-order valence-electron chi connectivity index (χ2n) is 5.79. The summed E-state index contributed by atoms with van der Waals surface area (Å²) in [4.78, 5) is 12.0. The summed E-state index contributed by atoms with van der Waals surface area (Å²) in [5.41, 5.74) is 0.843. The third-order valence-corrected chi connectivity index (χ3v) is 4.17. The van der Waals surface area contributed by atoms with Gasteiger partial charge in [-0.2, -0.15) is 0 Å². The number of carbonyl (C=O) groups is 1. The number of benzene rings is 1. The molecule has 0 aliphatic rings. The Morgan fingerprint density at radius 3 is 2.76 bits per heavy atom. The molecule has 2 rings (SSSR count). The molecule has 1 heterocycles. The van der Waals surface area contributed by atoms with Crippen molar-refractivity contribution in [3.8, 4) is 11.5 Å². The van der Waals surface area contributed by atoms with Crippen LogP contribution in [0.25, 0.3) is 6.08 Å². The molecule has 0 aliphatic heterocycles. The number of nitrogens with zero attached hydrogens (tertiary/aromatic N) is 2. The molecule has 1 aromatic heterocycles. The van der Waals surface area contributed by atoms with E-state index in [0.29, 0.717) is 29.2 Å². The Morgan fingerprint density at radius 1 is 1.32 bits per heavy atom. The normalized spacial score (nSPS) is 11.1. The lowest BCUT2D eigenvalue weighted by molar-refractivity contribution is -0.111. The molecule has 0 saturated heterocycles. The molecule has 0 radical (unpaired) electrons. The highest BCUT2D eigenvalue weighted by Gasteiger charge is 2.07. The topological polar surface area (TPSA) is 73.3 Å². The number of methoxy groups -OCH3 is 1. The second-order valence-corrected chi connectivity index (χ2v) is 6.85. The van der Waals surface area contributed by atoms with Crippen molar-refractivity contribution in [1.29, 1.82) is 0 Å². The van der Waals surface area contributed by atoms with Gasteiger partial charge in [-0.05, 0) is 36.1 Å². The SMILES string of the molecule is CCc1nnc(NC(=O)/C=C/c2ccc(OCC(C)C)c(OC)c2)s1. The smallest absolute Gasteiger partial charge is 0.250 e. The summed E-state index contributed by atoms with van der Waals surface area (Å²) in [6.07, 6.45) is 3.97. The van der Waals surface area contributed by atoms with E-state index < -0.39 is 0 Å². The van der Waals surface area contributed by atoms with Crippen LogP contribution in [0.15, 0.2) is 24.3 Å². The number of ether oxygens (including phenoxy) is 2. The van der Waals surface area contributed by atoms with E-state index in [-0.39, 0.29) is 5.91 Å². The van der Waals surface area contributed by atoms with Gasteiger partial charge in [0.05, 0.1) is 13.7 Å². The molecule has 134 valence electrons. The van der Waals surface area contributed by atoms with Crippen LogP contribution >= 0.6 is 11.3 Å². The summed E-state index contributed by atoms with van der Waals surface area (Å²) in [6.45, 7) is 6.79. The van der Waals surface area contributed by atoms with Crippen molar-refractivity contribution in [3.63, 3.8) is 0 Å². The first kappa shape index (κ1) is 18.9. The van der Waals surface area contributed by atoms with Crippen LogP contribution in [0.1, 0.15) is 31.3 Å². The zero-order valence-corrected chi connectivity index (χ0v) is 15.7. The summed E-state index contributed by atoms with van der Waals surface area (Å²) in [7, 11) is 1.60. The summed E-state index contributed by atoms with van der Waals surface area (Å²) in [5, 5.41) is 12.0. The maximum atomic E-state index is 12.0. The summed E-state index contributed by atoms with van der Waals surface area (Å²) in [6, 6.07) is 5.55. The predicted molar refractivity (Wildman–Crippen MR) is 100 cm³/mol. The highest BCUT2D eigenvalue weighted by atomic mass is 32.1. The van der Waals surface area contributed by atoms with Crippen molar-refractivity contribution in [2.75, 3.05) is 19.0 Å². The van der Waals surface area contributed by atoms with Gasteiger partial charge in [-0.15, -0.1) is 10.2 Å². The number of hydrogen-bond acceptors (Lipinski definition) is 6. The monoisotopic (exact) mass is 361 g/mol. The molecule has 0 bridgehead atoms. The molecule has 2 aromatic rings. The molecule has 0 fully saturated rings. The van der Waals surface area contributed by atoms with E-state index in [4.69, 9.17) is 9.47 Å². The van der Waals surface area contributed by atoms with Crippen LogP contribution in [-0.4, -0.2) is 29.8 Å². The predicted octanol–water partition coefficient (Wildman–Crippen LogP) is 3.80. The standard InChI is InChI=1S/C18H23N3O3S/c1-5-17-20-21-18(25-17)19-16(22)9-7-13-6-8-14(15(10-13)23-4)24-11-12(2)3/h6-10,12H,5,11H2,1-4H3,(H,19,21,22)/b9-7+. The van der Waals surface area contributed by atoms with Gasteiger partial charge in [-0.1, -0.05) is 38.2 Å². The van der Waals surface area contributed by atoms with Gasteiger partial charge in [-0.25, -0.2) is 0 Å². The van der Waals surface area contributed by atoms with Crippen LogP contribution in [0.4, 0.5) is 5.13 Å². The lowest BCUT2D eigenvalue weighted by Crippen LogP contribution is -2.07. The quantitative estimate of drug-likeness (QED) is 0.724. The maximum absolute atomic E-state index is 12.0. The van der Waals surface area contributed by atoms with Gasteiger partial charge in [0.1, 0.15) is 5.01 Å². The van der Waals surface area contributed by atoms with Gasteiger partial charge in [0.2, 0.25) is 11.0 Å². The first-order chi connectivity index (χ1) is 12.0. The lowest BCUT2D eigenvalue weighted by Gasteiger charge is -2.12. The number of anilines is 1. The molecule has 1 aromatic carbocycles. The number of nitrogens with one attached hydrogen (secondary N) is 1. The van der Waals surface area contributed by atoms with Crippen LogP contribution in [0.5, 0.6) is 11.5 Å². The first-order valence-electron chi connectivity index (χ1n) is 8.14. The average molecular weight is 361 g/mol. The molecule has 0 atom stereocenters. The first-order valence-corrected chi connectivity index (χ1v) is 8.95. The van der Waals surface area contributed by atoms with Crippen molar-refractivity contribution in [2.24, 2.45) is 5.92 Å². The number of aromatic nitrogens is 2. The molecule has 1 N–H and O–H groups in total. The van der Waals surface area contributed by atoms with E-state index in [1.165, 1.54) is 17.4 Å². The number of aryl methyl sites for hydroxylation is 1.